The fourth-order valence-electron chi connectivity index (χ4n) is 5.18. The highest BCUT2D eigenvalue weighted by Gasteiger charge is 2.24. The van der Waals surface area contributed by atoms with Crippen molar-refractivity contribution in [1.82, 2.24) is 20.3 Å². The van der Waals surface area contributed by atoms with Crippen LogP contribution < -0.4 is 24.8 Å². The second-order valence-corrected chi connectivity index (χ2v) is 10.3. The number of para-hydroxylation sites is 1. The van der Waals surface area contributed by atoms with Crippen LogP contribution in [0.25, 0.3) is 20.4 Å². The third-order valence-electron chi connectivity index (χ3n) is 7.10. The summed E-state index contributed by atoms with van der Waals surface area (Å²) in [4.78, 5) is 23.2. The number of hydrogen-bond donors (Lipinski definition) is 1. The third-order valence-corrected chi connectivity index (χ3v) is 8.16. The van der Waals surface area contributed by atoms with Gasteiger partial charge in [0, 0.05) is 63.4 Å². The largest absolute Gasteiger partial charge is 0.477 e. The standard InChI is InChI=1S/C27H33N7OS/c1-3-19-18-21(33-16-14-32(15-17-33)20-8-6-5-7-9-20)29-26-22(19)23-24(36-26)25(35-4-2)31-27(30-23)34-12-10-28-11-13-34/h5-9,18,28H,3-4,10-17H2,1-2H3. The highest BCUT2D eigenvalue weighted by molar-refractivity contribution is 7.25. The normalized spacial score (nSPS) is 16.8. The zero-order valence-electron chi connectivity index (χ0n) is 21.0. The summed E-state index contributed by atoms with van der Waals surface area (Å²) in [6, 6.07) is 13.0. The Labute approximate surface area is 215 Å². The Morgan fingerprint density at radius 3 is 2.36 bits per heavy atom. The zero-order chi connectivity index (χ0) is 24.5. The summed E-state index contributed by atoms with van der Waals surface area (Å²) < 4.78 is 7.03. The number of pyridine rings is 1. The average Bonchev–Trinajstić information content (AvgIpc) is 3.33. The summed E-state index contributed by atoms with van der Waals surface area (Å²) in [7, 11) is 0. The van der Waals surface area contributed by atoms with Gasteiger partial charge in [0.05, 0.1) is 6.61 Å². The second-order valence-electron chi connectivity index (χ2n) is 9.26. The Hall–Kier alpha value is -3.17. The van der Waals surface area contributed by atoms with Gasteiger partial charge in [-0.05, 0) is 37.1 Å². The molecule has 0 amide bonds. The number of rotatable bonds is 6. The number of aryl methyl sites for hydroxylation is 1. The minimum atomic E-state index is 0.576. The summed E-state index contributed by atoms with van der Waals surface area (Å²) in [5.41, 5.74) is 3.56. The van der Waals surface area contributed by atoms with Gasteiger partial charge in [-0.3, -0.25) is 0 Å². The van der Waals surface area contributed by atoms with Crippen LogP contribution in [0, 0.1) is 0 Å². The zero-order valence-corrected chi connectivity index (χ0v) is 21.9. The van der Waals surface area contributed by atoms with Gasteiger partial charge in [0.1, 0.15) is 20.9 Å². The maximum absolute atomic E-state index is 6.03. The van der Waals surface area contributed by atoms with E-state index < -0.39 is 0 Å². The molecule has 36 heavy (non-hydrogen) atoms. The van der Waals surface area contributed by atoms with Gasteiger partial charge in [-0.1, -0.05) is 25.1 Å². The predicted octanol–water partition coefficient (Wildman–Crippen LogP) is 3.94. The van der Waals surface area contributed by atoms with E-state index in [0.29, 0.717) is 12.5 Å². The number of ether oxygens (including phenoxy) is 1. The van der Waals surface area contributed by atoms with Crippen LogP contribution in [0.2, 0.25) is 0 Å². The van der Waals surface area contributed by atoms with E-state index >= 15 is 0 Å². The Kier molecular flexibility index (Phi) is 6.50. The fraction of sp³-hybridized carbons (Fsp3) is 0.444. The fourth-order valence-corrected chi connectivity index (χ4v) is 6.27. The molecule has 8 nitrogen and oxygen atoms in total. The summed E-state index contributed by atoms with van der Waals surface area (Å²) in [5.74, 6) is 2.50. The highest BCUT2D eigenvalue weighted by atomic mass is 32.1. The summed E-state index contributed by atoms with van der Waals surface area (Å²) in [5, 5.41) is 4.57. The van der Waals surface area contributed by atoms with Crippen molar-refractivity contribution in [2.24, 2.45) is 0 Å². The van der Waals surface area contributed by atoms with Crippen molar-refractivity contribution >= 4 is 49.2 Å². The van der Waals surface area contributed by atoms with Crippen LogP contribution in [0.15, 0.2) is 36.4 Å². The molecule has 2 aliphatic rings. The SMILES string of the molecule is CCOc1nc(N2CCNCC2)nc2c1sc1nc(N3CCN(c4ccccc4)CC3)cc(CC)c12. The van der Waals surface area contributed by atoms with Crippen LogP contribution in [0.4, 0.5) is 17.5 Å². The molecular formula is C27H33N7OS. The van der Waals surface area contributed by atoms with E-state index in [1.54, 1.807) is 11.3 Å². The number of benzene rings is 1. The molecule has 4 aromatic rings. The topological polar surface area (TPSA) is 69.6 Å². The molecule has 2 saturated heterocycles. The van der Waals surface area contributed by atoms with Crippen molar-refractivity contribution in [3.05, 3.63) is 42.0 Å². The highest BCUT2D eigenvalue weighted by Crippen LogP contribution is 2.41. The van der Waals surface area contributed by atoms with Gasteiger partial charge in [-0.2, -0.15) is 4.98 Å². The maximum Gasteiger partial charge on any atom is 0.236 e. The van der Waals surface area contributed by atoms with Crippen LogP contribution in [0.5, 0.6) is 5.88 Å². The van der Waals surface area contributed by atoms with Crippen LogP contribution in [-0.4, -0.2) is 73.9 Å². The van der Waals surface area contributed by atoms with Crippen molar-refractivity contribution < 1.29 is 4.74 Å². The van der Waals surface area contributed by atoms with Gasteiger partial charge in [0.2, 0.25) is 11.8 Å². The van der Waals surface area contributed by atoms with Gasteiger partial charge in [-0.15, -0.1) is 11.3 Å². The second kappa shape index (κ2) is 10.1. The molecule has 188 valence electrons. The summed E-state index contributed by atoms with van der Waals surface area (Å²) >= 11 is 1.66. The lowest BCUT2D eigenvalue weighted by molar-refractivity contribution is 0.331. The van der Waals surface area contributed by atoms with Crippen molar-refractivity contribution in [1.29, 1.82) is 0 Å². The Bertz CT molecular complexity index is 1350. The van der Waals surface area contributed by atoms with Crippen LogP contribution in [0.3, 0.4) is 0 Å². The molecule has 9 heteroatoms. The smallest absolute Gasteiger partial charge is 0.236 e. The van der Waals surface area contributed by atoms with Gasteiger partial charge >= 0.3 is 0 Å². The molecule has 0 radical (unpaired) electrons. The molecule has 0 aliphatic carbocycles. The minimum Gasteiger partial charge on any atom is -0.477 e. The first-order chi connectivity index (χ1) is 17.7. The molecule has 0 saturated carbocycles. The lowest BCUT2D eigenvalue weighted by Crippen LogP contribution is -2.46. The van der Waals surface area contributed by atoms with Crippen molar-refractivity contribution in [2.75, 3.05) is 73.7 Å². The van der Waals surface area contributed by atoms with Gasteiger partial charge in [0.25, 0.3) is 0 Å². The van der Waals surface area contributed by atoms with E-state index in [1.807, 2.05) is 6.92 Å². The van der Waals surface area contributed by atoms with Gasteiger partial charge in [0.15, 0.2) is 0 Å². The Morgan fingerprint density at radius 2 is 1.64 bits per heavy atom. The molecule has 0 bridgehead atoms. The Morgan fingerprint density at radius 1 is 0.889 bits per heavy atom. The van der Waals surface area contributed by atoms with Gasteiger partial charge < -0.3 is 24.8 Å². The number of thiophene rings is 1. The quantitative estimate of drug-likeness (QED) is 0.424. The number of aromatic nitrogens is 3. The lowest BCUT2D eigenvalue weighted by atomic mass is 10.1. The molecule has 2 aliphatic heterocycles. The number of nitrogens with zero attached hydrogens (tertiary/aromatic N) is 6. The van der Waals surface area contributed by atoms with E-state index in [0.717, 1.165) is 91.0 Å². The molecule has 1 aromatic carbocycles. The van der Waals surface area contributed by atoms with E-state index in [-0.39, 0.29) is 0 Å². The van der Waals surface area contributed by atoms with Crippen LogP contribution >= 0.6 is 11.3 Å². The van der Waals surface area contributed by atoms with Crippen molar-refractivity contribution in [2.45, 2.75) is 20.3 Å². The predicted molar refractivity (Wildman–Crippen MR) is 149 cm³/mol. The molecule has 2 fully saturated rings. The average molecular weight is 504 g/mol. The van der Waals surface area contributed by atoms with Crippen molar-refractivity contribution in [3.8, 4) is 5.88 Å². The van der Waals surface area contributed by atoms with Gasteiger partial charge in [-0.25, -0.2) is 9.97 Å². The number of hydrogen-bond acceptors (Lipinski definition) is 9. The van der Waals surface area contributed by atoms with Crippen molar-refractivity contribution in [3.63, 3.8) is 0 Å². The molecule has 0 atom stereocenters. The number of fused-ring (bicyclic) bond motifs is 3. The summed E-state index contributed by atoms with van der Waals surface area (Å²) in [6.07, 6.45) is 0.929. The lowest BCUT2D eigenvalue weighted by Gasteiger charge is -2.36. The van der Waals surface area contributed by atoms with Crippen LogP contribution in [0.1, 0.15) is 19.4 Å². The molecule has 5 heterocycles. The summed E-state index contributed by atoms with van der Waals surface area (Å²) in [6.45, 7) is 12.4. The number of nitrogens with one attached hydrogen (secondary N) is 1. The first-order valence-electron chi connectivity index (χ1n) is 13.0. The molecular weight excluding hydrogens is 470 g/mol. The molecule has 0 unspecified atom stereocenters. The third kappa shape index (κ3) is 4.30. The van der Waals surface area contributed by atoms with Crippen LogP contribution in [-0.2, 0) is 6.42 Å². The maximum atomic E-state index is 6.03. The first kappa shape index (κ1) is 23.2. The Balaban J connectivity index is 1.37. The molecule has 1 N–H and O–H groups in total. The first-order valence-corrected chi connectivity index (χ1v) is 13.8. The monoisotopic (exact) mass is 503 g/mol. The number of anilines is 3. The van der Waals surface area contributed by atoms with E-state index in [2.05, 4.69) is 63.3 Å². The minimum absolute atomic E-state index is 0.576. The molecule has 0 spiro atoms. The molecule has 3 aromatic heterocycles. The van der Waals surface area contributed by atoms with E-state index in [1.165, 1.54) is 11.3 Å². The molecule has 6 rings (SSSR count). The van der Waals surface area contributed by atoms with E-state index in [4.69, 9.17) is 19.7 Å². The number of piperazine rings is 2. The van der Waals surface area contributed by atoms with E-state index in [9.17, 15) is 0 Å².